The third-order valence-electron chi connectivity index (χ3n) is 2.28. The predicted octanol–water partition coefficient (Wildman–Crippen LogP) is 2.06. The van der Waals surface area contributed by atoms with Crippen LogP contribution in [0.25, 0.3) is 0 Å². The number of carboxylic acid groups (broad SMARTS) is 1. The Morgan fingerprint density at radius 2 is 2.22 bits per heavy atom. The van der Waals surface area contributed by atoms with Crippen LogP contribution in [0.1, 0.15) is 11.3 Å². The summed E-state index contributed by atoms with van der Waals surface area (Å²) in [5.41, 5.74) is 0. The minimum atomic E-state index is -0.914. The van der Waals surface area contributed by atoms with Crippen molar-refractivity contribution in [1.82, 2.24) is 10.2 Å². The number of carbonyl (C=O) groups excluding carboxylic acids is 1. The van der Waals surface area contributed by atoms with Crippen LogP contribution in [-0.4, -0.2) is 42.1 Å². The van der Waals surface area contributed by atoms with Crippen molar-refractivity contribution in [3.8, 4) is 0 Å². The van der Waals surface area contributed by atoms with Gasteiger partial charge in [-0.25, -0.2) is 4.79 Å². The van der Waals surface area contributed by atoms with Crippen molar-refractivity contribution in [2.24, 2.45) is 0 Å². The van der Waals surface area contributed by atoms with Gasteiger partial charge in [-0.3, -0.25) is 4.79 Å². The lowest BCUT2D eigenvalue weighted by Gasteiger charge is -2.16. The minimum absolute atomic E-state index is 0.0511. The number of urea groups is 1. The van der Waals surface area contributed by atoms with Crippen LogP contribution < -0.4 is 5.32 Å². The number of carbonyl (C=O) groups is 2. The number of thiophene rings is 1. The molecule has 7 heteroatoms. The van der Waals surface area contributed by atoms with E-state index in [1.54, 1.807) is 7.05 Å². The molecule has 0 saturated heterocycles. The number of nitrogens with one attached hydrogen (secondary N) is 1. The largest absolute Gasteiger partial charge is 0.481 e. The van der Waals surface area contributed by atoms with Crippen LogP contribution >= 0.6 is 22.9 Å². The van der Waals surface area contributed by atoms with Crippen molar-refractivity contribution in [3.63, 3.8) is 0 Å². The minimum Gasteiger partial charge on any atom is -0.481 e. The number of hydrogen-bond donors (Lipinski definition) is 2. The monoisotopic (exact) mass is 290 g/mol. The summed E-state index contributed by atoms with van der Waals surface area (Å²) < 4.78 is 0.731. The van der Waals surface area contributed by atoms with Gasteiger partial charge < -0.3 is 15.3 Å². The molecule has 0 saturated carbocycles. The molecule has 100 valence electrons. The maximum Gasteiger partial charge on any atom is 0.317 e. The molecule has 0 aliphatic heterocycles. The molecular weight excluding hydrogens is 276 g/mol. The normalized spacial score (nSPS) is 10.1. The van der Waals surface area contributed by atoms with Gasteiger partial charge in [0.05, 0.1) is 10.8 Å². The van der Waals surface area contributed by atoms with Crippen LogP contribution in [0.15, 0.2) is 12.1 Å². The molecule has 1 aromatic heterocycles. The Morgan fingerprint density at radius 3 is 2.78 bits per heavy atom. The number of aliphatic carboxylic acids is 1. The molecule has 0 unspecified atom stereocenters. The van der Waals surface area contributed by atoms with E-state index in [2.05, 4.69) is 5.32 Å². The zero-order valence-electron chi connectivity index (χ0n) is 9.98. The second-order valence-corrected chi connectivity index (χ2v) is 5.55. The highest BCUT2D eigenvalue weighted by Gasteiger charge is 2.09. The topological polar surface area (TPSA) is 69.6 Å². The van der Waals surface area contributed by atoms with Crippen LogP contribution in [0.4, 0.5) is 4.79 Å². The lowest BCUT2D eigenvalue weighted by Crippen LogP contribution is -2.39. The summed E-state index contributed by atoms with van der Waals surface area (Å²) in [7, 11) is 1.57. The van der Waals surface area contributed by atoms with Gasteiger partial charge in [0.2, 0.25) is 0 Å². The van der Waals surface area contributed by atoms with Crippen LogP contribution in [0.2, 0.25) is 4.34 Å². The van der Waals surface area contributed by atoms with Gasteiger partial charge in [-0.15, -0.1) is 11.3 Å². The SMILES string of the molecule is CN(CCC(=O)O)C(=O)NCCc1ccc(Cl)s1. The Morgan fingerprint density at radius 1 is 1.50 bits per heavy atom. The number of amides is 2. The molecule has 0 radical (unpaired) electrons. The third kappa shape index (κ3) is 5.37. The molecule has 0 aliphatic rings. The molecule has 0 spiro atoms. The van der Waals surface area contributed by atoms with E-state index in [0.29, 0.717) is 6.54 Å². The van der Waals surface area contributed by atoms with Gasteiger partial charge in [0.25, 0.3) is 0 Å². The van der Waals surface area contributed by atoms with E-state index in [-0.39, 0.29) is 19.0 Å². The Hall–Kier alpha value is -1.27. The highest BCUT2D eigenvalue weighted by Crippen LogP contribution is 2.21. The van der Waals surface area contributed by atoms with Crippen LogP contribution in [0.5, 0.6) is 0 Å². The molecule has 0 fully saturated rings. The molecule has 0 aliphatic carbocycles. The fourth-order valence-corrected chi connectivity index (χ4v) is 2.37. The molecule has 1 heterocycles. The lowest BCUT2D eigenvalue weighted by atomic mass is 10.3. The van der Waals surface area contributed by atoms with E-state index < -0.39 is 5.97 Å². The molecule has 1 aromatic rings. The second-order valence-electron chi connectivity index (χ2n) is 3.75. The Labute approximate surface area is 114 Å². The number of rotatable bonds is 6. The highest BCUT2D eigenvalue weighted by molar-refractivity contribution is 7.16. The molecule has 2 amide bonds. The molecule has 0 bridgehead atoms. The maximum atomic E-state index is 11.6. The summed E-state index contributed by atoms with van der Waals surface area (Å²) in [6, 6.07) is 3.48. The highest BCUT2D eigenvalue weighted by atomic mass is 35.5. The van der Waals surface area contributed by atoms with Gasteiger partial charge in [0.15, 0.2) is 0 Å². The Bertz CT molecular complexity index is 422. The summed E-state index contributed by atoms with van der Waals surface area (Å²) in [4.78, 5) is 24.4. The number of carboxylic acids is 1. The number of hydrogen-bond acceptors (Lipinski definition) is 3. The van der Waals surface area contributed by atoms with E-state index in [9.17, 15) is 9.59 Å². The van der Waals surface area contributed by atoms with Crippen molar-refractivity contribution in [1.29, 1.82) is 0 Å². The van der Waals surface area contributed by atoms with Crippen molar-refractivity contribution >= 4 is 34.9 Å². The van der Waals surface area contributed by atoms with E-state index in [1.807, 2.05) is 12.1 Å². The predicted molar refractivity (Wildman–Crippen MR) is 71.3 cm³/mol. The first-order valence-electron chi connectivity index (χ1n) is 5.44. The first-order valence-corrected chi connectivity index (χ1v) is 6.63. The molecular formula is C11H15ClN2O3S. The molecule has 5 nitrogen and oxygen atoms in total. The Balaban J connectivity index is 2.22. The standard InChI is InChI=1S/C11H15ClN2O3S/c1-14(7-5-10(15)16)11(17)13-6-4-8-2-3-9(12)18-8/h2-3H,4-7H2,1H3,(H,13,17)(H,15,16). The van der Waals surface area contributed by atoms with Gasteiger partial charge in [-0.2, -0.15) is 0 Å². The molecule has 18 heavy (non-hydrogen) atoms. The van der Waals surface area contributed by atoms with Crippen molar-refractivity contribution < 1.29 is 14.7 Å². The van der Waals surface area contributed by atoms with Crippen LogP contribution in [0, 0.1) is 0 Å². The molecule has 1 rings (SSSR count). The summed E-state index contributed by atoms with van der Waals surface area (Å²) in [5.74, 6) is -0.914. The van der Waals surface area contributed by atoms with Gasteiger partial charge in [0.1, 0.15) is 0 Å². The first kappa shape index (κ1) is 14.8. The zero-order valence-corrected chi connectivity index (χ0v) is 11.6. The third-order valence-corrected chi connectivity index (χ3v) is 3.58. The fraction of sp³-hybridized carbons (Fsp3) is 0.455. The van der Waals surface area contributed by atoms with E-state index in [4.69, 9.17) is 16.7 Å². The van der Waals surface area contributed by atoms with Crippen LogP contribution in [0.3, 0.4) is 0 Å². The summed E-state index contributed by atoms with van der Waals surface area (Å²) in [5, 5.41) is 11.2. The van der Waals surface area contributed by atoms with E-state index in [1.165, 1.54) is 16.2 Å². The summed E-state index contributed by atoms with van der Waals surface area (Å²) in [6.07, 6.45) is 0.667. The zero-order chi connectivity index (χ0) is 13.5. The maximum absolute atomic E-state index is 11.6. The van der Waals surface area contributed by atoms with E-state index >= 15 is 0 Å². The Kier molecular flexibility index (Phi) is 5.94. The van der Waals surface area contributed by atoms with Crippen molar-refractivity contribution in [2.75, 3.05) is 20.1 Å². The quantitative estimate of drug-likeness (QED) is 0.842. The number of nitrogens with zero attached hydrogens (tertiary/aromatic N) is 1. The van der Waals surface area contributed by atoms with Gasteiger partial charge in [0, 0.05) is 25.0 Å². The fourth-order valence-electron chi connectivity index (χ4n) is 1.28. The lowest BCUT2D eigenvalue weighted by molar-refractivity contribution is -0.137. The summed E-state index contributed by atoms with van der Waals surface area (Å²) in [6.45, 7) is 0.707. The first-order chi connectivity index (χ1) is 8.49. The molecule has 0 atom stereocenters. The average molecular weight is 291 g/mol. The molecule has 2 N–H and O–H groups in total. The van der Waals surface area contributed by atoms with Gasteiger partial charge in [-0.05, 0) is 18.6 Å². The second kappa shape index (κ2) is 7.23. The average Bonchev–Trinajstić information content (AvgIpc) is 2.71. The summed E-state index contributed by atoms with van der Waals surface area (Å²) >= 11 is 7.28. The number of halogens is 1. The van der Waals surface area contributed by atoms with Gasteiger partial charge >= 0.3 is 12.0 Å². The van der Waals surface area contributed by atoms with Crippen molar-refractivity contribution in [3.05, 3.63) is 21.3 Å². The smallest absolute Gasteiger partial charge is 0.317 e. The van der Waals surface area contributed by atoms with Crippen LogP contribution in [-0.2, 0) is 11.2 Å². The van der Waals surface area contributed by atoms with Crippen molar-refractivity contribution in [2.45, 2.75) is 12.8 Å². The van der Waals surface area contributed by atoms with E-state index in [0.717, 1.165) is 15.6 Å². The van der Waals surface area contributed by atoms with Gasteiger partial charge in [-0.1, -0.05) is 11.6 Å². The molecule has 0 aromatic carbocycles.